The number of fused-ring (bicyclic) bond motifs is 1. The van der Waals surface area contributed by atoms with Gasteiger partial charge in [-0.05, 0) is 19.1 Å². The molecule has 0 amide bonds. The van der Waals surface area contributed by atoms with E-state index in [1.807, 2.05) is 24.3 Å². The van der Waals surface area contributed by atoms with Gasteiger partial charge in [0.2, 0.25) is 0 Å². The Balaban J connectivity index is 1.97. The quantitative estimate of drug-likeness (QED) is 0.686. The Bertz CT molecular complexity index is 842. The monoisotopic (exact) mass is 267 g/mol. The number of rotatable bonds is 3. The van der Waals surface area contributed by atoms with Crippen molar-refractivity contribution >= 4 is 16.8 Å². The lowest BCUT2D eigenvalue weighted by Gasteiger charge is -2.04. The number of aryl methyl sites for hydroxylation is 1. The minimum Gasteiger partial charge on any atom is -0.464 e. The van der Waals surface area contributed by atoms with Gasteiger partial charge in [-0.15, -0.1) is 0 Å². The molecule has 0 atom stereocenters. The maximum absolute atomic E-state index is 12.3. The predicted molar refractivity (Wildman–Crippen MR) is 76.0 cm³/mol. The number of aromatic nitrogens is 1. The molecule has 0 spiro atoms. The van der Waals surface area contributed by atoms with Gasteiger partial charge in [0.15, 0.2) is 5.78 Å². The molecule has 1 aromatic carbocycles. The summed E-state index contributed by atoms with van der Waals surface area (Å²) in [6.07, 6.45) is 3.07. The van der Waals surface area contributed by atoms with Gasteiger partial charge in [-0.25, -0.2) is 0 Å². The summed E-state index contributed by atoms with van der Waals surface area (Å²) < 4.78 is 6.77. The first-order chi connectivity index (χ1) is 9.66. The Morgan fingerprint density at radius 2 is 2.00 bits per heavy atom. The van der Waals surface area contributed by atoms with Crippen LogP contribution in [0.15, 0.2) is 58.1 Å². The highest BCUT2D eigenvalue weighted by Crippen LogP contribution is 2.21. The lowest BCUT2D eigenvalue weighted by Crippen LogP contribution is -2.25. The molecule has 0 bridgehead atoms. The highest BCUT2D eigenvalue weighted by Gasteiger charge is 2.14. The number of para-hydroxylation sites is 1. The topological polar surface area (TPSA) is 52.2 Å². The molecule has 100 valence electrons. The Morgan fingerprint density at radius 1 is 1.20 bits per heavy atom. The molecule has 20 heavy (non-hydrogen) atoms. The Labute approximate surface area is 115 Å². The van der Waals surface area contributed by atoms with Crippen LogP contribution in [-0.4, -0.2) is 10.4 Å². The second-order valence-electron chi connectivity index (χ2n) is 4.69. The first kappa shape index (κ1) is 12.4. The zero-order valence-electron chi connectivity index (χ0n) is 11.0. The van der Waals surface area contributed by atoms with E-state index >= 15 is 0 Å². The van der Waals surface area contributed by atoms with E-state index in [0.29, 0.717) is 16.7 Å². The molecule has 0 aliphatic heterocycles. The largest absolute Gasteiger partial charge is 0.464 e. The summed E-state index contributed by atoms with van der Waals surface area (Å²) in [5.74, 6) is -0.136. The summed E-state index contributed by atoms with van der Waals surface area (Å²) in [5, 5.41) is 0.776. The zero-order chi connectivity index (χ0) is 14.1. The minimum atomic E-state index is -0.145. The minimum absolute atomic E-state index is 0.0179. The van der Waals surface area contributed by atoms with Crippen molar-refractivity contribution in [2.75, 3.05) is 0 Å². The van der Waals surface area contributed by atoms with Crippen LogP contribution in [0.2, 0.25) is 0 Å². The smallest absolute Gasteiger partial charge is 0.253 e. The van der Waals surface area contributed by atoms with Gasteiger partial charge < -0.3 is 8.98 Å². The van der Waals surface area contributed by atoms with Gasteiger partial charge in [0.25, 0.3) is 5.56 Å². The molecular formula is C16H13NO3. The van der Waals surface area contributed by atoms with E-state index in [1.54, 1.807) is 25.3 Å². The molecule has 4 nitrogen and oxygen atoms in total. The maximum atomic E-state index is 12.3. The second-order valence-corrected chi connectivity index (χ2v) is 4.69. The fourth-order valence-electron chi connectivity index (χ4n) is 2.21. The Hall–Kier alpha value is -2.62. The fourth-order valence-corrected chi connectivity index (χ4v) is 2.21. The number of hydrogen-bond donors (Lipinski definition) is 0. The summed E-state index contributed by atoms with van der Waals surface area (Å²) in [6.45, 7) is 1.75. The Morgan fingerprint density at radius 3 is 2.85 bits per heavy atom. The second kappa shape index (κ2) is 4.81. The van der Waals surface area contributed by atoms with Crippen LogP contribution < -0.4 is 5.56 Å². The van der Waals surface area contributed by atoms with Crippen molar-refractivity contribution < 1.29 is 9.21 Å². The molecule has 0 aliphatic rings. The number of pyridine rings is 1. The highest BCUT2D eigenvalue weighted by molar-refractivity contribution is 6.06. The van der Waals surface area contributed by atoms with Gasteiger partial charge in [-0.1, -0.05) is 24.3 Å². The summed E-state index contributed by atoms with van der Waals surface area (Å²) in [7, 11) is 0. The number of ketones is 1. The average molecular weight is 267 g/mol. The molecule has 3 aromatic rings. The van der Waals surface area contributed by atoms with Crippen molar-refractivity contribution in [1.82, 2.24) is 4.57 Å². The van der Waals surface area contributed by atoms with Crippen LogP contribution in [0.5, 0.6) is 0 Å². The van der Waals surface area contributed by atoms with Crippen molar-refractivity contribution in [2.45, 2.75) is 13.5 Å². The normalized spacial score (nSPS) is 10.8. The number of benzene rings is 1. The molecule has 0 radical (unpaired) electrons. The molecule has 0 aliphatic carbocycles. The third kappa shape index (κ3) is 2.05. The van der Waals surface area contributed by atoms with Gasteiger partial charge in [0, 0.05) is 17.1 Å². The van der Waals surface area contributed by atoms with Gasteiger partial charge in [0.05, 0.1) is 12.1 Å². The standard InChI is InChI=1S/C16H13NO3/c1-11-5-4-8-17(16(11)19)9-14(18)13-10-20-15-7-3-2-6-12(13)15/h2-8,10H,9H2,1H3. The van der Waals surface area contributed by atoms with Gasteiger partial charge >= 0.3 is 0 Å². The van der Waals surface area contributed by atoms with E-state index in [0.717, 1.165) is 5.39 Å². The van der Waals surface area contributed by atoms with Crippen molar-refractivity contribution in [1.29, 1.82) is 0 Å². The van der Waals surface area contributed by atoms with E-state index < -0.39 is 0 Å². The molecule has 4 heteroatoms. The molecule has 0 saturated heterocycles. The number of nitrogens with zero attached hydrogens (tertiary/aromatic N) is 1. The third-order valence-corrected chi connectivity index (χ3v) is 3.31. The lowest BCUT2D eigenvalue weighted by molar-refractivity contribution is 0.0971. The van der Waals surface area contributed by atoms with Crippen molar-refractivity contribution in [2.24, 2.45) is 0 Å². The number of furan rings is 1. The molecule has 2 heterocycles. The van der Waals surface area contributed by atoms with E-state index in [2.05, 4.69) is 0 Å². The number of carbonyl (C=O) groups excluding carboxylic acids is 1. The molecule has 0 N–H and O–H groups in total. The van der Waals surface area contributed by atoms with Crippen LogP contribution in [0.1, 0.15) is 15.9 Å². The van der Waals surface area contributed by atoms with E-state index in [9.17, 15) is 9.59 Å². The van der Waals surface area contributed by atoms with Gasteiger partial charge in [-0.3, -0.25) is 9.59 Å². The van der Waals surface area contributed by atoms with Crippen LogP contribution in [0.4, 0.5) is 0 Å². The highest BCUT2D eigenvalue weighted by atomic mass is 16.3. The third-order valence-electron chi connectivity index (χ3n) is 3.31. The van der Waals surface area contributed by atoms with Crippen LogP contribution in [-0.2, 0) is 6.54 Å². The molecule has 3 rings (SSSR count). The maximum Gasteiger partial charge on any atom is 0.253 e. The summed E-state index contributed by atoms with van der Waals surface area (Å²) in [6, 6.07) is 10.8. The van der Waals surface area contributed by atoms with Gasteiger partial charge in [0.1, 0.15) is 11.8 Å². The first-order valence-corrected chi connectivity index (χ1v) is 6.32. The Kier molecular flexibility index (Phi) is 2.99. The van der Waals surface area contributed by atoms with Crippen molar-refractivity contribution in [3.63, 3.8) is 0 Å². The van der Waals surface area contributed by atoms with Crippen LogP contribution >= 0.6 is 0 Å². The summed E-state index contributed by atoms with van der Waals surface area (Å²) in [5.41, 5.74) is 1.66. The van der Waals surface area contributed by atoms with Crippen LogP contribution in [0, 0.1) is 6.92 Å². The number of hydrogen-bond acceptors (Lipinski definition) is 3. The van der Waals surface area contributed by atoms with Gasteiger partial charge in [-0.2, -0.15) is 0 Å². The predicted octanol–water partition coefficient (Wildman–Crippen LogP) is 2.79. The number of Topliss-reactive ketones (excluding diaryl/α,β-unsaturated/α-hetero) is 1. The molecular weight excluding hydrogens is 254 g/mol. The zero-order valence-corrected chi connectivity index (χ0v) is 11.0. The average Bonchev–Trinajstić information content (AvgIpc) is 2.88. The fraction of sp³-hybridized carbons (Fsp3) is 0.125. The molecule has 0 saturated carbocycles. The molecule has 0 unspecified atom stereocenters. The lowest BCUT2D eigenvalue weighted by atomic mass is 10.1. The first-order valence-electron chi connectivity index (χ1n) is 6.32. The van der Waals surface area contributed by atoms with Crippen LogP contribution in [0.25, 0.3) is 11.0 Å². The SMILES string of the molecule is Cc1cccn(CC(=O)c2coc3ccccc23)c1=O. The van der Waals surface area contributed by atoms with E-state index in [-0.39, 0.29) is 17.9 Å². The van der Waals surface area contributed by atoms with Crippen LogP contribution in [0.3, 0.4) is 0 Å². The summed E-state index contributed by atoms with van der Waals surface area (Å²) >= 11 is 0. The molecule has 0 fully saturated rings. The van der Waals surface area contributed by atoms with Crippen molar-refractivity contribution in [3.05, 3.63) is 70.3 Å². The van der Waals surface area contributed by atoms with E-state index in [1.165, 1.54) is 10.8 Å². The summed E-state index contributed by atoms with van der Waals surface area (Å²) in [4.78, 5) is 24.3. The molecule has 2 aromatic heterocycles. The van der Waals surface area contributed by atoms with Crippen molar-refractivity contribution in [3.8, 4) is 0 Å². The number of carbonyl (C=O) groups is 1. The van der Waals surface area contributed by atoms with E-state index in [4.69, 9.17) is 4.42 Å².